The number of allylic oxidation sites excluding steroid dienone is 1. The highest BCUT2D eigenvalue weighted by Crippen LogP contribution is 2.88. The second-order valence-corrected chi connectivity index (χ2v) is 18.8. The minimum Gasteiger partial charge on any atom is -0.457 e. The maximum Gasteiger partial charge on any atom is 0.303 e. The number of ether oxygens (including phenoxy) is 4. The van der Waals surface area contributed by atoms with E-state index in [4.69, 9.17) is 18.9 Å². The minimum atomic E-state index is -1.92. The van der Waals surface area contributed by atoms with Crippen molar-refractivity contribution in [3.05, 3.63) is 11.6 Å². The molecule has 0 aromatic heterocycles. The van der Waals surface area contributed by atoms with Crippen molar-refractivity contribution in [3.63, 3.8) is 0 Å². The van der Waals surface area contributed by atoms with Crippen LogP contribution in [0.25, 0.3) is 0 Å². The summed E-state index contributed by atoms with van der Waals surface area (Å²) in [6, 6.07) is 0. The summed E-state index contributed by atoms with van der Waals surface area (Å²) in [6.45, 7) is 14.6. The summed E-state index contributed by atoms with van der Waals surface area (Å²) in [5.41, 5.74) is -2.08. The maximum absolute atomic E-state index is 12.6. The fourth-order valence-corrected chi connectivity index (χ4v) is 13.3. The smallest absolute Gasteiger partial charge is 0.303 e. The van der Waals surface area contributed by atoms with E-state index in [1.165, 1.54) is 12.5 Å². The van der Waals surface area contributed by atoms with Crippen molar-refractivity contribution in [1.29, 1.82) is 0 Å². The van der Waals surface area contributed by atoms with Crippen LogP contribution in [0.2, 0.25) is 0 Å². The topological polar surface area (TPSA) is 196 Å². The monoisotopic (exact) mass is 708 g/mol. The van der Waals surface area contributed by atoms with Crippen LogP contribution < -0.4 is 0 Å². The summed E-state index contributed by atoms with van der Waals surface area (Å²) in [7, 11) is 0. The van der Waals surface area contributed by atoms with Crippen molar-refractivity contribution in [1.82, 2.24) is 0 Å². The van der Waals surface area contributed by atoms with Crippen LogP contribution in [0.1, 0.15) is 100 Å². The summed E-state index contributed by atoms with van der Waals surface area (Å²) in [5.74, 6) is -2.75. The molecule has 2 spiro atoms. The Bertz CT molecular complexity index is 1410. The fraction of sp³-hybridized carbons (Fsp3) is 0.921. The highest BCUT2D eigenvalue weighted by molar-refractivity contribution is 5.66. The van der Waals surface area contributed by atoms with E-state index in [-0.39, 0.29) is 34.2 Å². The molecule has 0 radical (unpaired) electrons. The molecule has 2 saturated heterocycles. The third-order valence-corrected chi connectivity index (χ3v) is 15.6. The van der Waals surface area contributed by atoms with Gasteiger partial charge in [-0.15, -0.1) is 0 Å². The number of rotatable bonds is 6. The number of hydrogen-bond acceptors (Lipinski definition) is 12. The fourth-order valence-electron chi connectivity index (χ4n) is 13.3. The molecular weight excluding hydrogens is 648 g/mol. The standard InChI is InChI=1S/C38H60O12/c1-18-15-20(29(33(5,6)45)47-19(2)40)50-38(46)28(18)34(7)13-14-37-17-36(37)12-11-24(49-30-27(43)26(42)25(41)21(16-39)48-30)32(3,4)22(36)9-10-23(37)35(34,8)31(38)44/h10,18,20-22,24-31,39,41-46H,9,11-17H2,1-8H3/t18-,20?,21-,22+,24+,25+,26+,27-,28-,29?,30+,31?,34-,35-,36-,37+,38?/m1/s1. The summed E-state index contributed by atoms with van der Waals surface area (Å²) in [4.78, 5) is 12.1. The van der Waals surface area contributed by atoms with Gasteiger partial charge in [0.2, 0.25) is 0 Å². The van der Waals surface area contributed by atoms with Gasteiger partial charge in [-0.3, -0.25) is 4.79 Å². The molecule has 12 nitrogen and oxygen atoms in total. The van der Waals surface area contributed by atoms with Crippen molar-refractivity contribution < 1.29 is 59.5 Å². The summed E-state index contributed by atoms with van der Waals surface area (Å²) in [5, 5.41) is 77.2. The van der Waals surface area contributed by atoms with Crippen molar-refractivity contribution >= 4 is 5.97 Å². The van der Waals surface area contributed by atoms with Gasteiger partial charge in [0.15, 0.2) is 18.2 Å². The summed E-state index contributed by atoms with van der Waals surface area (Å²) >= 11 is 0. The van der Waals surface area contributed by atoms with Gasteiger partial charge >= 0.3 is 5.97 Å². The Labute approximate surface area is 295 Å². The van der Waals surface area contributed by atoms with Crippen LogP contribution in [0.15, 0.2) is 11.6 Å². The predicted octanol–water partition coefficient (Wildman–Crippen LogP) is 1.93. The lowest BCUT2D eigenvalue weighted by atomic mass is 9.44. The molecular formula is C38H60O12. The lowest BCUT2D eigenvalue weighted by Crippen LogP contribution is -2.61. The molecule has 284 valence electrons. The van der Waals surface area contributed by atoms with E-state index in [0.29, 0.717) is 12.8 Å². The Morgan fingerprint density at radius 3 is 2.36 bits per heavy atom. The molecule has 2 aliphatic heterocycles. The zero-order chi connectivity index (χ0) is 36.8. The first-order valence-electron chi connectivity index (χ1n) is 18.7. The number of hydrogen-bond donors (Lipinski definition) is 7. The molecule has 7 aliphatic rings. The Morgan fingerprint density at radius 2 is 1.74 bits per heavy atom. The van der Waals surface area contributed by atoms with E-state index in [1.807, 2.05) is 0 Å². The van der Waals surface area contributed by atoms with Crippen LogP contribution in [0.4, 0.5) is 0 Å². The first kappa shape index (κ1) is 37.1. The average molecular weight is 709 g/mol. The number of esters is 1. The van der Waals surface area contributed by atoms with E-state index < -0.39 is 89.7 Å². The Kier molecular flexibility index (Phi) is 8.48. The Morgan fingerprint density at radius 1 is 1.06 bits per heavy atom. The molecule has 5 aliphatic carbocycles. The van der Waals surface area contributed by atoms with Crippen LogP contribution in [-0.2, 0) is 23.7 Å². The van der Waals surface area contributed by atoms with Gasteiger partial charge in [0.25, 0.3) is 0 Å². The first-order chi connectivity index (χ1) is 23.1. The van der Waals surface area contributed by atoms with Crippen LogP contribution in [-0.4, -0.2) is 115 Å². The number of aliphatic hydroxyl groups is 7. The highest BCUT2D eigenvalue weighted by Gasteiger charge is 2.85. The van der Waals surface area contributed by atoms with E-state index >= 15 is 0 Å². The Balaban J connectivity index is 1.19. The quantitative estimate of drug-likeness (QED) is 0.157. The van der Waals surface area contributed by atoms with Crippen LogP contribution >= 0.6 is 0 Å². The normalized spacial score (nSPS) is 54.2. The van der Waals surface area contributed by atoms with Gasteiger partial charge in [-0.25, -0.2) is 0 Å². The number of carbonyl (C=O) groups excluding carboxylic acids is 1. The molecule has 7 N–H and O–H groups in total. The largest absolute Gasteiger partial charge is 0.457 e. The molecule has 0 amide bonds. The van der Waals surface area contributed by atoms with E-state index in [2.05, 4.69) is 40.7 Å². The van der Waals surface area contributed by atoms with Crippen LogP contribution in [0.3, 0.4) is 0 Å². The third kappa shape index (κ3) is 4.62. The van der Waals surface area contributed by atoms with Crippen molar-refractivity contribution in [3.8, 4) is 0 Å². The van der Waals surface area contributed by atoms with Gasteiger partial charge < -0.3 is 54.7 Å². The number of carbonyl (C=O) groups is 1. The van der Waals surface area contributed by atoms with Gasteiger partial charge in [-0.1, -0.05) is 46.3 Å². The lowest BCUT2D eigenvalue weighted by Gasteiger charge is -2.60. The molecule has 0 aromatic carbocycles. The molecule has 17 atom stereocenters. The summed E-state index contributed by atoms with van der Waals surface area (Å²) < 4.78 is 24.3. The third-order valence-electron chi connectivity index (χ3n) is 15.6. The summed E-state index contributed by atoms with van der Waals surface area (Å²) in [6.07, 6.45) is -2.32. The van der Waals surface area contributed by atoms with Gasteiger partial charge in [0.05, 0.1) is 18.3 Å². The van der Waals surface area contributed by atoms with E-state index in [1.54, 1.807) is 13.8 Å². The van der Waals surface area contributed by atoms with Crippen LogP contribution in [0.5, 0.6) is 0 Å². The van der Waals surface area contributed by atoms with Crippen LogP contribution in [0, 0.1) is 44.8 Å². The van der Waals surface area contributed by atoms with Gasteiger partial charge in [0.1, 0.15) is 36.6 Å². The zero-order valence-electron chi connectivity index (χ0n) is 30.8. The van der Waals surface area contributed by atoms with Crippen molar-refractivity contribution in [2.24, 2.45) is 44.8 Å². The number of fused-ring (bicyclic) bond motifs is 4. The molecule has 4 saturated carbocycles. The van der Waals surface area contributed by atoms with Gasteiger partial charge in [-0.2, -0.15) is 0 Å². The maximum atomic E-state index is 12.6. The molecule has 7 rings (SSSR count). The molecule has 0 bridgehead atoms. The van der Waals surface area contributed by atoms with E-state index in [0.717, 1.165) is 32.1 Å². The molecule has 4 unspecified atom stereocenters. The Hall–Kier alpha value is -1.19. The van der Waals surface area contributed by atoms with Gasteiger partial charge in [-0.05, 0) is 92.3 Å². The molecule has 2 heterocycles. The highest BCUT2D eigenvalue weighted by atomic mass is 16.7. The van der Waals surface area contributed by atoms with Crippen molar-refractivity contribution in [2.75, 3.05) is 6.61 Å². The molecule has 0 aromatic rings. The minimum absolute atomic E-state index is 0.0351. The SMILES string of the molecule is CC(=O)OC(C1C[C@@H](C)[C@H]2C(O)(O1)C(O)[C@@]1(C)C3=CC[C@H]4C(C)(C)[C@@H](O[C@@H]5O[C@H](CO)[C@H](O)[C@H](O)[C@H]5O)CC[C@@]45C[C@@]35CC[C@]21C)C(C)(C)O. The zero-order valence-corrected chi connectivity index (χ0v) is 30.8. The van der Waals surface area contributed by atoms with Gasteiger partial charge in [0, 0.05) is 18.3 Å². The molecule has 6 fully saturated rings. The first-order valence-corrected chi connectivity index (χ1v) is 18.7. The predicted molar refractivity (Wildman–Crippen MR) is 178 cm³/mol. The molecule has 12 heteroatoms. The lowest BCUT2D eigenvalue weighted by molar-refractivity contribution is -0.341. The molecule has 50 heavy (non-hydrogen) atoms. The second-order valence-electron chi connectivity index (χ2n) is 18.8. The second kappa shape index (κ2) is 11.4. The van der Waals surface area contributed by atoms with Crippen molar-refractivity contribution in [2.45, 2.75) is 167 Å². The average Bonchev–Trinajstić information content (AvgIpc) is 3.66. The van der Waals surface area contributed by atoms with E-state index in [9.17, 15) is 40.5 Å². The number of aliphatic hydroxyl groups excluding tert-OH is 5.